The van der Waals surface area contributed by atoms with Crippen molar-refractivity contribution in [3.05, 3.63) is 58.3 Å². The van der Waals surface area contributed by atoms with E-state index in [1.54, 1.807) is 11.3 Å². The van der Waals surface area contributed by atoms with E-state index in [1.807, 2.05) is 35.8 Å². The second-order valence-corrected chi connectivity index (χ2v) is 6.75. The van der Waals surface area contributed by atoms with Crippen molar-refractivity contribution in [2.75, 3.05) is 6.61 Å². The van der Waals surface area contributed by atoms with Gasteiger partial charge in [0.15, 0.2) is 4.96 Å². The van der Waals surface area contributed by atoms with E-state index in [2.05, 4.69) is 20.9 Å². The summed E-state index contributed by atoms with van der Waals surface area (Å²) < 4.78 is 7.95. The molecule has 0 amide bonds. The molecule has 1 saturated heterocycles. The van der Waals surface area contributed by atoms with Crippen LogP contribution >= 0.6 is 22.9 Å². The van der Waals surface area contributed by atoms with Gasteiger partial charge in [-0.3, -0.25) is 4.40 Å². The number of nitrogens with zero attached hydrogens (tertiary/aromatic N) is 2. The van der Waals surface area contributed by atoms with Crippen LogP contribution < -0.4 is 5.32 Å². The molecule has 0 saturated carbocycles. The lowest BCUT2D eigenvalue weighted by Gasteiger charge is -2.20. The van der Waals surface area contributed by atoms with Crippen LogP contribution in [0.5, 0.6) is 0 Å². The van der Waals surface area contributed by atoms with Gasteiger partial charge in [-0.05, 0) is 24.1 Å². The molecule has 1 N–H and O–H groups in total. The van der Waals surface area contributed by atoms with Gasteiger partial charge < -0.3 is 10.1 Å². The molecule has 0 spiro atoms. The summed E-state index contributed by atoms with van der Waals surface area (Å²) in [6.07, 6.45) is 5.20. The number of imidazole rings is 1. The zero-order valence-electron chi connectivity index (χ0n) is 11.9. The molecule has 2 aromatic heterocycles. The summed E-state index contributed by atoms with van der Waals surface area (Å²) >= 11 is 7.61. The topological polar surface area (TPSA) is 38.6 Å². The molecule has 1 aliphatic rings. The van der Waals surface area contributed by atoms with Crippen LogP contribution in [0.25, 0.3) is 4.96 Å². The van der Waals surface area contributed by atoms with Crippen molar-refractivity contribution in [3.63, 3.8) is 0 Å². The van der Waals surface area contributed by atoms with Crippen LogP contribution in [0.2, 0.25) is 5.02 Å². The lowest BCUT2D eigenvalue weighted by Crippen LogP contribution is -2.31. The van der Waals surface area contributed by atoms with Crippen molar-refractivity contribution in [1.29, 1.82) is 0 Å². The molecule has 4 rings (SSSR count). The Balaban J connectivity index is 1.44. The largest absolute Gasteiger partial charge is 0.372 e. The maximum Gasteiger partial charge on any atom is 0.193 e. The number of nitrogens with one attached hydrogen (secondary N) is 1. The van der Waals surface area contributed by atoms with E-state index in [-0.39, 0.29) is 6.10 Å². The number of fused-ring (bicyclic) bond motifs is 1. The Labute approximate surface area is 137 Å². The Hall–Kier alpha value is -1.40. The van der Waals surface area contributed by atoms with E-state index >= 15 is 0 Å². The fraction of sp³-hybridized carbons (Fsp3) is 0.312. The van der Waals surface area contributed by atoms with Gasteiger partial charge in [0.2, 0.25) is 0 Å². The molecule has 1 fully saturated rings. The first kappa shape index (κ1) is 14.2. The van der Waals surface area contributed by atoms with E-state index < -0.39 is 0 Å². The highest BCUT2D eigenvalue weighted by Gasteiger charge is 2.29. The number of benzene rings is 1. The molecule has 3 aromatic rings. The van der Waals surface area contributed by atoms with Gasteiger partial charge in [0, 0.05) is 42.0 Å². The van der Waals surface area contributed by atoms with Gasteiger partial charge >= 0.3 is 0 Å². The molecule has 6 heteroatoms. The number of aromatic nitrogens is 2. The minimum Gasteiger partial charge on any atom is -0.372 e. The molecule has 2 atom stereocenters. The quantitative estimate of drug-likeness (QED) is 0.791. The number of rotatable bonds is 4. The third-order valence-corrected chi connectivity index (χ3v) is 5.00. The molecule has 1 aromatic carbocycles. The first-order valence-electron chi connectivity index (χ1n) is 7.31. The fourth-order valence-corrected chi connectivity index (χ4v) is 3.72. The molecular formula is C16H16ClN3OS. The third kappa shape index (κ3) is 2.77. The highest BCUT2D eigenvalue weighted by molar-refractivity contribution is 7.15. The Kier molecular flexibility index (Phi) is 3.88. The second-order valence-electron chi connectivity index (χ2n) is 5.44. The zero-order chi connectivity index (χ0) is 14.9. The Morgan fingerprint density at radius 1 is 1.36 bits per heavy atom. The summed E-state index contributed by atoms with van der Waals surface area (Å²) in [6.45, 7) is 1.54. The van der Waals surface area contributed by atoms with Crippen molar-refractivity contribution >= 4 is 27.9 Å². The lowest BCUT2D eigenvalue weighted by atomic mass is 10.0. The summed E-state index contributed by atoms with van der Waals surface area (Å²) in [5.41, 5.74) is 2.24. The van der Waals surface area contributed by atoms with Crippen LogP contribution in [-0.2, 0) is 11.3 Å². The lowest BCUT2D eigenvalue weighted by molar-refractivity contribution is 0.0984. The van der Waals surface area contributed by atoms with Crippen molar-refractivity contribution < 1.29 is 4.74 Å². The number of ether oxygens (including phenoxy) is 1. The van der Waals surface area contributed by atoms with Gasteiger partial charge in [0.25, 0.3) is 0 Å². The second kappa shape index (κ2) is 6.01. The Bertz CT molecular complexity index is 739. The molecule has 0 aliphatic carbocycles. The van der Waals surface area contributed by atoms with E-state index in [1.165, 1.54) is 5.56 Å². The van der Waals surface area contributed by atoms with Crippen molar-refractivity contribution in [2.24, 2.45) is 0 Å². The average molecular weight is 334 g/mol. The molecule has 0 bridgehead atoms. The van der Waals surface area contributed by atoms with Gasteiger partial charge in [-0.2, -0.15) is 0 Å². The minimum absolute atomic E-state index is 0.0843. The zero-order valence-corrected chi connectivity index (χ0v) is 13.5. The molecule has 0 radical (unpaired) electrons. The molecule has 4 nitrogen and oxygen atoms in total. The predicted octanol–water partition coefficient (Wildman–Crippen LogP) is 3.67. The highest BCUT2D eigenvalue weighted by atomic mass is 35.5. The Morgan fingerprint density at radius 2 is 2.23 bits per heavy atom. The molecule has 0 unspecified atom stereocenters. The Morgan fingerprint density at radius 3 is 3.05 bits per heavy atom. The molecule has 3 heterocycles. The monoisotopic (exact) mass is 333 g/mol. The fourth-order valence-electron chi connectivity index (χ4n) is 2.88. The number of hydrogen-bond acceptors (Lipinski definition) is 4. The number of hydrogen-bond donors (Lipinski definition) is 1. The highest BCUT2D eigenvalue weighted by Crippen LogP contribution is 2.30. The molecule has 114 valence electrons. The van der Waals surface area contributed by atoms with Gasteiger partial charge in [0.05, 0.1) is 11.8 Å². The molecule has 1 aliphatic heterocycles. The van der Waals surface area contributed by atoms with Crippen molar-refractivity contribution in [2.45, 2.75) is 25.1 Å². The summed E-state index contributed by atoms with van der Waals surface area (Å²) in [5, 5.41) is 6.38. The number of thiazole rings is 1. The number of halogens is 1. The van der Waals surface area contributed by atoms with Crippen molar-refractivity contribution in [1.82, 2.24) is 14.7 Å². The van der Waals surface area contributed by atoms with Crippen LogP contribution in [0.15, 0.2) is 42.0 Å². The predicted molar refractivity (Wildman–Crippen MR) is 88.5 cm³/mol. The maximum atomic E-state index is 5.96. The van der Waals surface area contributed by atoms with Crippen LogP contribution in [0.1, 0.15) is 23.8 Å². The minimum atomic E-state index is 0.0843. The first-order valence-corrected chi connectivity index (χ1v) is 8.57. The SMILES string of the molecule is Clc1ccc([C@H]2OCC[C@@H]2NCc2cn3ccsc3n2)cc1. The summed E-state index contributed by atoms with van der Waals surface area (Å²) in [6, 6.07) is 8.22. The van der Waals surface area contributed by atoms with Crippen LogP contribution in [0.4, 0.5) is 0 Å². The summed E-state index contributed by atoms with van der Waals surface area (Å²) in [7, 11) is 0. The van der Waals surface area contributed by atoms with E-state index in [9.17, 15) is 0 Å². The van der Waals surface area contributed by atoms with Gasteiger partial charge in [-0.1, -0.05) is 23.7 Å². The maximum absolute atomic E-state index is 5.96. The van der Waals surface area contributed by atoms with Crippen LogP contribution in [-0.4, -0.2) is 22.0 Å². The normalized spacial score (nSPS) is 21.7. The van der Waals surface area contributed by atoms with Crippen LogP contribution in [0, 0.1) is 0 Å². The van der Waals surface area contributed by atoms with E-state index in [0.29, 0.717) is 6.04 Å². The van der Waals surface area contributed by atoms with Gasteiger partial charge in [0.1, 0.15) is 0 Å². The van der Waals surface area contributed by atoms with Gasteiger partial charge in [-0.15, -0.1) is 11.3 Å². The summed E-state index contributed by atoms with van der Waals surface area (Å²) in [4.78, 5) is 5.64. The summed E-state index contributed by atoms with van der Waals surface area (Å²) in [5.74, 6) is 0. The van der Waals surface area contributed by atoms with Crippen LogP contribution in [0.3, 0.4) is 0 Å². The molecular weight excluding hydrogens is 318 g/mol. The van der Waals surface area contributed by atoms with E-state index in [0.717, 1.165) is 35.2 Å². The van der Waals surface area contributed by atoms with E-state index in [4.69, 9.17) is 16.3 Å². The third-order valence-electron chi connectivity index (χ3n) is 3.98. The first-order chi connectivity index (χ1) is 10.8. The smallest absolute Gasteiger partial charge is 0.193 e. The molecule has 22 heavy (non-hydrogen) atoms. The standard InChI is InChI=1S/C16H16ClN3OS/c17-12-3-1-11(2-4-12)15-14(5-7-21-15)18-9-13-10-20-6-8-22-16(20)19-13/h1-4,6,8,10,14-15,18H,5,7,9H2/t14-,15+/m0/s1. The average Bonchev–Trinajstić information content (AvgIpc) is 3.21. The van der Waals surface area contributed by atoms with Crippen molar-refractivity contribution in [3.8, 4) is 0 Å². The van der Waals surface area contributed by atoms with Gasteiger partial charge in [-0.25, -0.2) is 4.98 Å².